The van der Waals surface area contributed by atoms with Crippen molar-refractivity contribution in [3.8, 4) is 0 Å². The highest BCUT2D eigenvalue weighted by Crippen LogP contribution is 2.21. The lowest BCUT2D eigenvalue weighted by molar-refractivity contribution is 0.569. The molecule has 0 bridgehead atoms. The van der Waals surface area contributed by atoms with Gasteiger partial charge in [-0.05, 0) is 13.3 Å². The average Bonchev–Trinajstić information content (AvgIpc) is 2.17. The van der Waals surface area contributed by atoms with Crippen molar-refractivity contribution < 1.29 is 0 Å². The van der Waals surface area contributed by atoms with Gasteiger partial charge in [0, 0.05) is 11.8 Å². The topological polar surface area (TPSA) is 12.0 Å². The molecule has 1 N–H and O–H groups in total. The lowest BCUT2D eigenvalue weighted by Gasteiger charge is -2.07. The summed E-state index contributed by atoms with van der Waals surface area (Å²) in [6.07, 6.45) is 2.63. The van der Waals surface area contributed by atoms with Crippen molar-refractivity contribution in [2.75, 3.05) is 5.75 Å². The molecule has 1 saturated heterocycles. The summed E-state index contributed by atoms with van der Waals surface area (Å²) in [4.78, 5) is 0. The van der Waals surface area contributed by atoms with Gasteiger partial charge < -0.3 is 5.32 Å². The molecular weight excluding hydrogens is 130 g/mol. The van der Waals surface area contributed by atoms with Crippen LogP contribution in [0.2, 0.25) is 0 Å². The second-order valence-electron chi connectivity index (χ2n) is 2.68. The molecule has 0 amide bonds. The maximum Gasteiger partial charge on any atom is 0.0534 e. The molecule has 1 rings (SSSR count). The van der Waals surface area contributed by atoms with Gasteiger partial charge in [-0.3, -0.25) is 0 Å². The van der Waals surface area contributed by atoms with Crippen LogP contribution in [0, 0.1) is 0 Å². The quantitative estimate of drug-likeness (QED) is 0.636. The normalized spacial score (nSPS) is 35.3. The smallest absolute Gasteiger partial charge is 0.0534 e. The van der Waals surface area contributed by atoms with Crippen LogP contribution in [-0.2, 0) is 0 Å². The molecule has 0 aromatic carbocycles. The monoisotopic (exact) mass is 145 g/mol. The highest BCUT2D eigenvalue weighted by molar-refractivity contribution is 8.00. The first kappa shape index (κ1) is 7.42. The van der Waals surface area contributed by atoms with Crippen molar-refractivity contribution in [3.05, 3.63) is 0 Å². The highest BCUT2D eigenvalue weighted by Gasteiger charge is 2.18. The fraction of sp³-hybridized carbons (Fsp3) is 1.00. The van der Waals surface area contributed by atoms with Crippen LogP contribution in [0.25, 0.3) is 0 Å². The van der Waals surface area contributed by atoms with E-state index in [0.29, 0.717) is 0 Å². The molecule has 54 valence electrons. The maximum atomic E-state index is 3.52. The minimum atomic E-state index is 0.742. The Hall–Kier alpha value is 0.310. The first-order valence-corrected chi connectivity index (χ1v) is 4.75. The van der Waals surface area contributed by atoms with Crippen LogP contribution in [-0.4, -0.2) is 17.2 Å². The Morgan fingerprint density at radius 1 is 1.67 bits per heavy atom. The van der Waals surface area contributed by atoms with E-state index in [0.717, 1.165) is 11.4 Å². The molecule has 1 nitrogen and oxygen atoms in total. The second kappa shape index (κ2) is 3.47. The lowest BCUT2D eigenvalue weighted by atomic mass is 10.3. The highest BCUT2D eigenvalue weighted by atomic mass is 32.2. The summed E-state index contributed by atoms with van der Waals surface area (Å²) >= 11 is 2.06. The van der Waals surface area contributed by atoms with Gasteiger partial charge in [0.2, 0.25) is 0 Å². The van der Waals surface area contributed by atoms with Crippen molar-refractivity contribution in [1.82, 2.24) is 5.32 Å². The fourth-order valence-electron chi connectivity index (χ4n) is 1.10. The predicted octanol–water partition coefficient (Wildman–Crippen LogP) is 1.84. The van der Waals surface area contributed by atoms with E-state index in [4.69, 9.17) is 0 Å². The summed E-state index contributed by atoms with van der Waals surface area (Å²) in [5.41, 5.74) is 0. The van der Waals surface area contributed by atoms with Crippen LogP contribution in [0.4, 0.5) is 0 Å². The van der Waals surface area contributed by atoms with Crippen LogP contribution >= 0.6 is 11.8 Å². The van der Waals surface area contributed by atoms with Crippen LogP contribution in [0.5, 0.6) is 0 Å². The van der Waals surface area contributed by atoms with E-state index in [2.05, 4.69) is 30.9 Å². The van der Waals surface area contributed by atoms with E-state index in [1.807, 2.05) is 0 Å². The third-order valence-corrected chi connectivity index (χ3v) is 3.04. The first-order chi connectivity index (χ1) is 4.33. The van der Waals surface area contributed by atoms with Crippen molar-refractivity contribution in [1.29, 1.82) is 0 Å². The Balaban J connectivity index is 2.14. The first-order valence-electron chi connectivity index (χ1n) is 3.70. The summed E-state index contributed by atoms with van der Waals surface area (Å²) in [6.45, 7) is 4.49. The zero-order chi connectivity index (χ0) is 6.69. The van der Waals surface area contributed by atoms with Gasteiger partial charge in [-0.2, -0.15) is 0 Å². The molecule has 0 radical (unpaired) electrons. The van der Waals surface area contributed by atoms with E-state index >= 15 is 0 Å². The van der Waals surface area contributed by atoms with Gasteiger partial charge in [-0.15, -0.1) is 11.8 Å². The average molecular weight is 145 g/mol. The molecule has 0 aromatic heterocycles. The number of rotatable bonds is 2. The molecule has 0 aliphatic carbocycles. The van der Waals surface area contributed by atoms with Gasteiger partial charge in [-0.1, -0.05) is 13.3 Å². The van der Waals surface area contributed by atoms with Crippen LogP contribution < -0.4 is 5.32 Å². The number of hydrogen-bond acceptors (Lipinski definition) is 2. The van der Waals surface area contributed by atoms with Crippen LogP contribution in [0.3, 0.4) is 0 Å². The zero-order valence-corrected chi connectivity index (χ0v) is 7.00. The lowest BCUT2D eigenvalue weighted by Crippen LogP contribution is -2.26. The summed E-state index contributed by atoms with van der Waals surface area (Å²) in [7, 11) is 0. The van der Waals surface area contributed by atoms with E-state index < -0.39 is 0 Å². The van der Waals surface area contributed by atoms with Gasteiger partial charge in [0.25, 0.3) is 0 Å². The third-order valence-electron chi connectivity index (χ3n) is 1.57. The molecule has 1 aliphatic heterocycles. The molecule has 2 heteroatoms. The molecule has 1 aliphatic rings. The SMILES string of the molecule is CCCC1NC(C)CS1. The van der Waals surface area contributed by atoms with E-state index in [1.165, 1.54) is 18.6 Å². The molecular formula is C7H15NS. The molecule has 0 spiro atoms. The van der Waals surface area contributed by atoms with Crippen molar-refractivity contribution in [3.63, 3.8) is 0 Å². The van der Waals surface area contributed by atoms with Crippen LogP contribution in [0.1, 0.15) is 26.7 Å². The Morgan fingerprint density at radius 3 is 2.89 bits per heavy atom. The molecule has 0 saturated carbocycles. The molecule has 2 atom stereocenters. The summed E-state index contributed by atoms with van der Waals surface area (Å²) in [5.74, 6) is 1.30. The molecule has 1 fully saturated rings. The van der Waals surface area contributed by atoms with Gasteiger partial charge in [-0.25, -0.2) is 0 Å². The predicted molar refractivity (Wildman–Crippen MR) is 43.8 cm³/mol. The van der Waals surface area contributed by atoms with Gasteiger partial charge >= 0.3 is 0 Å². The molecule has 0 aromatic rings. The summed E-state index contributed by atoms with van der Waals surface area (Å²) in [5, 5.41) is 4.27. The second-order valence-corrected chi connectivity index (χ2v) is 3.91. The molecule has 9 heavy (non-hydrogen) atoms. The Kier molecular flexibility index (Phi) is 2.86. The largest absolute Gasteiger partial charge is 0.302 e. The minimum absolute atomic E-state index is 0.742. The molecule has 1 heterocycles. The third kappa shape index (κ3) is 2.18. The number of nitrogens with one attached hydrogen (secondary N) is 1. The number of hydrogen-bond donors (Lipinski definition) is 1. The maximum absolute atomic E-state index is 3.52. The van der Waals surface area contributed by atoms with Crippen molar-refractivity contribution in [2.24, 2.45) is 0 Å². The van der Waals surface area contributed by atoms with Gasteiger partial charge in [0.15, 0.2) is 0 Å². The van der Waals surface area contributed by atoms with E-state index in [1.54, 1.807) is 0 Å². The Morgan fingerprint density at radius 2 is 2.44 bits per heavy atom. The summed E-state index contributed by atoms with van der Waals surface area (Å²) in [6, 6.07) is 0.742. The van der Waals surface area contributed by atoms with Crippen molar-refractivity contribution >= 4 is 11.8 Å². The van der Waals surface area contributed by atoms with Crippen LogP contribution in [0.15, 0.2) is 0 Å². The van der Waals surface area contributed by atoms with Gasteiger partial charge in [0.1, 0.15) is 0 Å². The zero-order valence-electron chi connectivity index (χ0n) is 6.18. The van der Waals surface area contributed by atoms with E-state index in [9.17, 15) is 0 Å². The van der Waals surface area contributed by atoms with Crippen molar-refractivity contribution in [2.45, 2.75) is 38.1 Å². The Bertz CT molecular complexity index is 83.0. The fourth-order valence-corrected chi connectivity index (χ4v) is 2.45. The Labute approximate surface area is 61.6 Å². The standard InChI is InChI=1S/C7H15NS/c1-3-4-7-8-6(2)5-9-7/h6-8H,3-5H2,1-2H3. The van der Waals surface area contributed by atoms with Gasteiger partial charge in [0.05, 0.1) is 5.37 Å². The van der Waals surface area contributed by atoms with E-state index in [-0.39, 0.29) is 0 Å². The summed E-state index contributed by atoms with van der Waals surface area (Å²) < 4.78 is 0. The minimum Gasteiger partial charge on any atom is -0.302 e. The number of thioether (sulfide) groups is 1. The molecule has 2 unspecified atom stereocenters.